The van der Waals surface area contributed by atoms with Crippen molar-refractivity contribution in [2.75, 3.05) is 0 Å². The number of hydrogen-bond donors (Lipinski definition) is 0. The van der Waals surface area contributed by atoms with Gasteiger partial charge in [-0.2, -0.15) is 18.3 Å². The van der Waals surface area contributed by atoms with Gasteiger partial charge < -0.3 is 0 Å². The van der Waals surface area contributed by atoms with E-state index in [1.54, 1.807) is 45.3 Å². The van der Waals surface area contributed by atoms with Crippen LogP contribution in [0.4, 0.5) is 0 Å². The number of fused-ring (bicyclic) bond motifs is 4. The van der Waals surface area contributed by atoms with E-state index in [9.17, 15) is 0 Å². The van der Waals surface area contributed by atoms with Gasteiger partial charge in [-0.3, -0.25) is 0 Å². The molecule has 12 heteroatoms. The van der Waals surface area contributed by atoms with Crippen LogP contribution in [0.3, 0.4) is 0 Å². The molecule has 0 radical (unpaired) electrons. The SMILES string of the molecule is Cc1ccccc1-c1ccc2nc(C(C)C)sc2[n+]1C.Cc1nc2ccc(-c3ccccc3C)[n+](C)c2s1.Cc1nc2ccc(-c3ccccc3C)[n+](C)c2s1.[2H]C(C)(C)c1nc2ccc(-c3ccccc3C)[n+](C)c2s1. The Morgan fingerprint density at radius 2 is 0.605 bits per heavy atom. The molecule has 8 heterocycles. The summed E-state index contributed by atoms with van der Waals surface area (Å²) in [7, 11) is 8.43. The van der Waals surface area contributed by atoms with Crippen molar-refractivity contribution in [2.24, 2.45) is 28.2 Å². The first-order chi connectivity index (χ1) is 36.8. The van der Waals surface area contributed by atoms with Gasteiger partial charge in [0.2, 0.25) is 22.8 Å². The third kappa shape index (κ3) is 11.3. The van der Waals surface area contributed by atoms with Crippen LogP contribution in [0, 0.1) is 41.5 Å². The molecule has 0 amide bonds. The number of nitrogens with zero attached hydrogens (tertiary/aromatic N) is 8. The second-order valence-electron chi connectivity index (χ2n) is 19.8. The normalized spacial score (nSPS) is 11.6. The molecule has 4 aromatic carbocycles. The zero-order valence-electron chi connectivity index (χ0n) is 47.1. The zero-order chi connectivity index (χ0) is 54.9. The average Bonchev–Trinajstić information content (AvgIpc) is 4.28. The summed E-state index contributed by atoms with van der Waals surface area (Å²) in [6.07, 6.45) is 0. The summed E-state index contributed by atoms with van der Waals surface area (Å²) in [5.74, 6) is -0.172. The molecule has 0 saturated heterocycles. The first-order valence-electron chi connectivity index (χ1n) is 26.1. The third-order valence-corrected chi connectivity index (χ3v) is 18.6. The molecule has 8 aromatic heterocycles. The summed E-state index contributed by atoms with van der Waals surface area (Å²) < 4.78 is 17.1. The average molecular weight is 1080 g/mol. The maximum Gasteiger partial charge on any atom is 0.289 e. The predicted molar refractivity (Wildman–Crippen MR) is 322 cm³/mol. The van der Waals surface area contributed by atoms with E-state index < -0.39 is 5.89 Å². The molecule has 76 heavy (non-hydrogen) atoms. The van der Waals surface area contributed by atoms with Crippen LogP contribution in [0.1, 0.15) is 83.2 Å². The molecule has 0 unspecified atom stereocenters. The molecule has 8 nitrogen and oxygen atoms in total. The summed E-state index contributed by atoms with van der Waals surface area (Å²) in [4.78, 5) is 23.2. The molecule has 12 rings (SSSR count). The number of hydrogen-bond acceptors (Lipinski definition) is 8. The minimum atomic E-state index is -0.653. The third-order valence-electron chi connectivity index (χ3n) is 13.6. The van der Waals surface area contributed by atoms with E-state index >= 15 is 0 Å². The summed E-state index contributed by atoms with van der Waals surface area (Å²) in [5.41, 5.74) is 19.4. The van der Waals surface area contributed by atoms with E-state index in [4.69, 9.17) is 6.35 Å². The highest BCUT2D eigenvalue weighted by atomic mass is 32.1. The lowest BCUT2D eigenvalue weighted by Gasteiger charge is -2.03. The number of aromatic nitrogens is 8. The van der Waals surface area contributed by atoms with Gasteiger partial charge in [-0.05, 0) is 112 Å². The van der Waals surface area contributed by atoms with Crippen molar-refractivity contribution in [3.8, 4) is 45.0 Å². The van der Waals surface area contributed by atoms with Crippen molar-refractivity contribution in [3.05, 3.63) is 188 Å². The lowest BCUT2D eigenvalue weighted by atomic mass is 10.1. The molecule has 0 bridgehead atoms. The van der Waals surface area contributed by atoms with Crippen molar-refractivity contribution >= 4 is 86.7 Å². The number of thiazole rings is 4. The summed E-state index contributed by atoms with van der Waals surface area (Å²) in [6, 6.07) is 50.9. The van der Waals surface area contributed by atoms with Crippen LogP contribution < -0.4 is 18.3 Å². The van der Waals surface area contributed by atoms with E-state index in [0.29, 0.717) is 5.92 Å². The fourth-order valence-electron chi connectivity index (χ4n) is 9.42. The van der Waals surface area contributed by atoms with Crippen LogP contribution in [-0.4, -0.2) is 19.9 Å². The van der Waals surface area contributed by atoms with Crippen molar-refractivity contribution in [1.29, 1.82) is 0 Å². The Balaban J connectivity index is 0.000000125. The van der Waals surface area contributed by atoms with Crippen LogP contribution in [0.25, 0.3) is 86.4 Å². The molecule has 12 aromatic rings. The summed E-state index contributed by atoms with van der Waals surface area (Å²) >= 11 is 6.90. The van der Waals surface area contributed by atoms with Crippen molar-refractivity contribution in [2.45, 2.75) is 81.0 Å². The minimum Gasteiger partial charge on any atom is -0.235 e. The molecule has 0 N–H and O–H groups in total. The number of pyridine rings is 4. The van der Waals surface area contributed by atoms with Gasteiger partial charge in [-0.25, -0.2) is 19.9 Å². The van der Waals surface area contributed by atoms with E-state index in [2.05, 4.69) is 262 Å². The lowest BCUT2D eigenvalue weighted by Crippen LogP contribution is -2.31. The predicted octanol–water partition coefficient (Wildman–Crippen LogP) is 15.2. The van der Waals surface area contributed by atoms with Crippen LogP contribution in [0.2, 0.25) is 0 Å². The highest BCUT2D eigenvalue weighted by molar-refractivity contribution is 7.18. The van der Waals surface area contributed by atoms with Crippen LogP contribution >= 0.6 is 45.3 Å². The fraction of sp³-hybridized carbons (Fsp3) is 0.250. The molecule has 0 fully saturated rings. The lowest BCUT2D eigenvalue weighted by molar-refractivity contribution is -0.631. The van der Waals surface area contributed by atoms with Gasteiger partial charge in [0.05, 0.1) is 10.0 Å². The molecule has 0 saturated carbocycles. The smallest absolute Gasteiger partial charge is 0.235 e. The number of rotatable bonds is 6. The Morgan fingerprint density at radius 3 is 0.895 bits per heavy atom. The maximum absolute atomic E-state index is 8.17. The van der Waals surface area contributed by atoms with E-state index in [0.717, 1.165) is 41.9 Å². The molecular weight excluding hydrogens is 1010 g/mol. The highest BCUT2D eigenvalue weighted by Gasteiger charge is 2.23. The quantitative estimate of drug-likeness (QED) is 0.156. The second-order valence-corrected chi connectivity index (χ2v) is 24.2. The van der Waals surface area contributed by atoms with Gasteiger partial charge >= 0.3 is 0 Å². The van der Waals surface area contributed by atoms with Gasteiger partial charge in [0, 0.05) is 59.7 Å². The molecule has 384 valence electrons. The molecule has 0 aliphatic heterocycles. The molecule has 0 aliphatic carbocycles. The monoisotopic (exact) mass is 1080 g/mol. The highest BCUT2D eigenvalue weighted by Crippen LogP contribution is 2.31. The van der Waals surface area contributed by atoms with Crippen LogP contribution in [0.15, 0.2) is 146 Å². The van der Waals surface area contributed by atoms with Gasteiger partial charge in [0.1, 0.15) is 60.3 Å². The van der Waals surface area contributed by atoms with Crippen molar-refractivity contribution in [1.82, 2.24) is 19.9 Å². The van der Waals surface area contributed by atoms with Crippen molar-refractivity contribution in [3.63, 3.8) is 0 Å². The van der Waals surface area contributed by atoms with E-state index in [1.807, 2.05) is 13.8 Å². The molecule has 0 atom stereocenters. The van der Waals surface area contributed by atoms with E-state index in [-0.39, 0.29) is 0 Å². The van der Waals surface area contributed by atoms with Gasteiger partial charge in [0.25, 0.3) is 19.3 Å². The summed E-state index contributed by atoms with van der Waals surface area (Å²) in [6.45, 7) is 20.8. The second kappa shape index (κ2) is 23.1. The first-order valence-corrected chi connectivity index (χ1v) is 28.9. The van der Waals surface area contributed by atoms with Crippen LogP contribution in [0.5, 0.6) is 0 Å². The Labute approximate surface area is 465 Å². The Bertz CT molecular complexity index is 3970. The van der Waals surface area contributed by atoms with E-state index in [1.165, 1.54) is 86.8 Å². The molecule has 0 spiro atoms. The molecular formula is C64H68N8S4+4. The Morgan fingerprint density at radius 1 is 0.342 bits per heavy atom. The van der Waals surface area contributed by atoms with Gasteiger partial charge in [-0.15, -0.1) is 0 Å². The first kappa shape index (κ1) is 52.5. The van der Waals surface area contributed by atoms with Crippen molar-refractivity contribution < 1.29 is 19.6 Å². The summed E-state index contributed by atoms with van der Waals surface area (Å²) in [5, 5.41) is 4.29. The largest absolute Gasteiger partial charge is 0.289 e. The number of aryl methyl sites for hydroxylation is 10. The van der Waals surface area contributed by atoms with Crippen LogP contribution in [-0.2, 0) is 28.2 Å². The molecule has 0 aliphatic rings. The Kier molecular flexibility index (Phi) is 16.0. The standard InChI is InChI=1S/2C17H19N2S.2C15H15N2S/c2*1-11(2)16-18-14-9-10-15(19(4)17(14)20-16)13-8-6-5-7-12(13)3;2*1-10-6-4-5-7-12(10)14-9-8-13-15(17(14)3)18-11(2)16-13/h2*5-11H,1-4H3;2*4-9H,1-3H3/q4*+1/i11D;;;. The maximum atomic E-state index is 8.17. The van der Waals surface area contributed by atoms with Gasteiger partial charge in [-0.1, -0.05) is 146 Å². The fourth-order valence-corrected chi connectivity index (χ4v) is 13.2. The zero-order valence-corrected chi connectivity index (χ0v) is 49.4. The van der Waals surface area contributed by atoms with Gasteiger partial charge in [0.15, 0.2) is 0 Å². The topological polar surface area (TPSA) is 67.1 Å². The number of benzene rings is 4. The minimum absolute atomic E-state index is 0.481. The Hall–Kier alpha value is -6.96.